The van der Waals surface area contributed by atoms with Crippen molar-refractivity contribution in [2.24, 2.45) is 5.92 Å². The van der Waals surface area contributed by atoms with Gasteiger partial charge < -0.3 is 9.84 Å². The summed E-state index contributed by atoms with van der Waals surface area (Å²) in [5, 5.41) is 8.71. The molecule has 0 spiro atoms. The van der Waals surface area contributed by atoms with Gasteiger partial charge in [0.05, 0.1) is 13.5 Å². The summed E-state index contributed by atoms with van der Waals surface area (Å²) in [6.07, 6.45) is 0.550. The van der Waals surface area contributed by atoms with E-state index in [4.69, 9.17) is 5.11 Å². The Bertz CT molecular complexity index is 344. The molecule has 0 bridgehead atoms. The van der Waals surface area contributed by atoms with E-state index >= 15 is 0 Å². The number of aliphatic hydroxyl groups is 1. The maximum Gasteiger partial charge on any atom is 0.306 e. The monoisotopic (exact) mass is 282 g/mol. The second kappa shape index (κ2) is 8.41. The highest BCUT2D eigenvalue weighted by atomic mass is 32.2. The van der Waals surface area contributed by atoms with Gasteiger partial charge in [0.2, 0.25) is 0 Å². The summed E-state index contributed by atoms with van der Waals surface area (Å²) in [5.41, 5.74) is 0. The van der Waals surface area contributed by atoms with Crippen molar-refractivity contribution in [2.45, 2.75) is 19.8 Å². The van der Waals surface area contributed by atoms with Gasteiger partial charge in [-0.15, -0.1) is 0 Å². The fraction of sp³-hybridized carbons (Fsp3) is 0.900. The van der Waals surface area contributed by atoms with Gasteiger partial charge in [0, 0.05) is 26.7 Å². The number of methoxy groups -OCH3 is 1. The van der Waals surface area contributed by atoms with Crippen molar-refractivity contribution in [3.8, 4) is 0 Å². The molecule has 1 unspecified atom stereocenters. The third-order valence-electron chi connectivity index (χ3n) is 2.50. The van der Waals surface area contributed by atoms with Crippen LogP contribution in [0, 0.1) is 5.92 Å². The second-order valence-corrected chi connectivity index (χ2v) is 5.98. The van der Waals surface area contributed by atoms with E-state index in [-0.39, 0.29) is 32.0 Å². The van der Waals surface area contributed by atoms with Gasteiger partial charge in [-0.2, -0.15) is 12.7 Å². The average molecular weight is 282 g/mol. The van der Waals surface area contributed by atoms with Crippen LogP contribution in [-0.4, -0.2) is 57.7 Å². The van der Waals surface area contributed by atoms with Crippen molar-refractivity contribution in [1.82, 2.24) is 9.03 Å². The van der Waals surface area contributed by atoms with Gasteiger partial charge in [0.15, 0.2) is 0 Å². The third kappa shape index (κ3) is 6.90. The molecule has 0 fully saturated rings. The fourth-order valence-corrected chi connectivity index (χ4v) is 2.20. The predicted octanol–water partition coefficient (Wildman–Crippen LogP) is -0.666. The van der Waals surface area contributed by atoms with Crippen LogP contribution < -0.4 is 4.72 Å². The van der Waals surface area contributed by atoms with Crippen LogP contribution in [0.15, 0.2) is 0 Å². The van der Waals surface area contributed by atoms with Crippen LogP contribution in [0.1, 0.15) is 19.8 Å². The van der Waals surface area contributed by atoms with Crippen molar-refractivity contribution in [3.63, 3.8) is 0 Å². The molecule has 108 valence electrons. The molecule has 2 N–H and O–H groups in total. The number of aliphatic hydroxyl groups excluding tert-OH is 1. The summed E-state index contributed by atoms with van der Waals surface area (Å²) >= 11 is 0. The van der Waals surface area contributed by atoms with E-state index in [1.165, 1.54) is 14.2 Å². The lowest BCUT2D eigenvalue weighted by molar-refractivity contribution is -0.140. The van der Waals surface area contributed by atoms with Crippen molar-refractivity contribution in [2.75, 3.05) is 33.9 Å². The van der Waals surface area contributed by atoms with Crippen LogP contribution in [0.3, 0.4) is 0 Å². The van der Waals surface area contributed by atoms with E-state index < -0.39 is 16.2 Å². The van der Waals surface area contributed by atoms with Gasteiger partial charge in [0.25, 0.3) is 10.2 Å². The minimum Gasteiger partial charge on any atom is -0.469 e. The smallest absolute Gasteiger partial charge is 0.306 e. The Morgan fingerprint density at radius 3 is 2.61 bits per heavy atom. The number of ether oxygens (including phenoxy) is 1. The van der Waals surface area contributed by atoms with E-state index in [2.05, 4.69) is 9.46 Å². The molecule has 0 rings (SSSR count). The first-order valence-electron chi connectivity index (χ1n) is 5.72. The lowest BCUT2D eigenvalue weighted by Crippen LogP contribution is -2.41. The summed E-state index contributed by atoms with van der Waals surface area (Å²) < 4.78 is 31.4. The number of nitrogens with zero attached hydrogens (tertiary/aromatic N) is 1. The maximum absolute atomic E-state index is 11.7. The zero-order valence-electron chi connectivity index (χ0n) is 11.0. The maximum atomic E-state index is 11.7. The molecule has 0 aromatic heterocycles. The Kier molecular flexibility index (Phi) is 8.08. The SMILES string of the molecule is COC(=O)CCN(C)S(=O)(=O)NCC(C)CCO. The van der Waals surface area contributed by atoms with E-state index in [0.717, 1.165) is 4.31 Å². The van der Waals surface area contributed by atoms with Gasteiger partial charge in [-0.1, -0.05) is 6.92 Å². The minimum atomic E-state index is -3.58. The summed E-state index contributed by atoms with van der Waals surface area (Å²) in [5.74, 6) is -0.399. The van der Waals surface area contributed by atoms with Crippen molar-refractivity contribution < 1.29 is 23.1 Å². The molecule has 0 amide bonds. The Morgan fingerprint density at radius 1 is 1.50 bits per heavy atom. The number of nitrogens with one attached hydrogen (secondary N) is 1. The zero-order chi connectivity index (χ0) is 14.2. The Morgan fingerprint density at radius 2 is 2.11 bits per heavy atom. The Balaban J connectivity index is 4.15. The van der Waals surface area contributed by atoms with E-state index in [9.17, 15) is 13.2 Å². The molecule has 8 heteroatoms. The molecule has 0 aromatic rings. The highest BCUT2D eigenvalue weighted by Gasteiger charge is 2.18. The van der Waals surface area contributed by atoms with Crippen LogP contribution in [0.5, 0.6) is 0 Å². The van der Waals surface area contributed by atoms with Gasteiger partial charge >= 0.3 is 5.97 Å². The number of carbonyl (C=O) groups excluding carboxylic acids is 1. The molecule has 0 aromatic carbocycles. The van der Waals surface area contributed by atoms with Crippen LogP contribution >= 0.6 is 0 Å². The number of carbonyl (C=O) groups is 1. The minimum absolute atomic E-state index is 0.0140. The molecule has 0 radical (unpaired) electrons. The highest BCUT2D eigenvalue weighted by Crippen LogP contribution is 2.02. The lowest BCUT2D eigenvalue weighted by atomic mass is 10.1. The van der Waals surface area contributed by atoms with Crippen molar-refractivity contribution >= 4 is 16.2 Å². The number of rotatable bonds is 9. The quantitative estimate of drug-likeness (QED) is 0.547. The molecular formula is C10H22N2O5S. The molecule has 1 atom stereocenters. The largest absolute Gasteiger partial charge is 0.469 e. The molecule has 0 saturated carbocycles. The molecule has 7 nitrogen and oxygen atoms in total. The first-order chi connectivity index (χ1) is 8.33. The Hall–Kier alpha value is -0.700. The summed E-state index contributed by atoms with van der Waals surface area (Å²) in [4.78, 5) is 10.9. The van der Waals surface area contributed by atoms with Gasteiger partial charge in [-0.3, -0.25) is 4.79 Å². The number of esters is 1. The normalized spacial score (nSPS) is 13.6. The highest BCUT2D eigenvalue weighted by molar-refractivity contribution is 7.87. The third-order valence-corrected chi connectivity index (χ3v) is 4.04. The summed E-state index contributed by atoms with van der Waals surface area (Å²) in [6, 6.07) is 0. The van der Waals surface area contributed by atoms with E-state index in [1.807, 2.05) is 6.92 Å². The molecule has 0 aliphatic carbocycles. The molecule has 0 saturated heterocycles. The predicted molar refractivity (Wildman–Crippen MR) is 67.1 cm³/mol. The molecule has 0 aliphatic rings. The second-order valence-electron chi connectivity index (χ2n) is 4.12. The van der Waals surface area contributed by atoms with Gasteiger partial charge in [-0.05, 0) is 12.3 Å². The topological polar surface area (TPSA) is 95.9 Å². The van der Waals surface area contributed by atoms with Crippen molar-refractivity contribution in [3.05, 3.63) is 0 Å². The van der Waals surface area contributed by atoms with Gasteiger partial charge in [-0.25, -0.2) is 4.72 Å². The molecule has 18 heavy (non-hydrogen) atoms. The van der Waals surface area contributed by atoms with E-state index in [0.29, 0.717) is 6.42 Å². The fourth-order valence-electron chi connectivity index (χ4n) is 1.15. The lowest BCUT2D eigenvalue weighted by Gasteiger charge is -2.18. The van der Waals surface area contributed by atoms with Crippen molar-refractivity contribution in [1.29, 1.82) is 0 Å². The molecule has 0 heterocycles. The number of hydrogen-bond acceptors (Lipinski definition) is 5. The molecular weight excluding hydrogens is 260 g/mol. The first kappa shape index (κ1) is 17.3. The van der Waals surface area contributed by atoms with Gasteiger partial charge in [0.1, 0.15) is 0 Å². The van der Waals surface area contributed by atoms with E-state index in [1.54, 1.807) is 0 Å². The summed E-state index contributed by atoms with van der Waals surface area (Å²) in [6.45, 7) is 2.19. The summed E-state index contributed by atoms with van der Waals surface area (Å²) in [7, 11) is -0.937. The van der Waals surface area contributed by atoms with Crippen LogP contribution in [-0.2, 0) is 19.7 Å². The Labute approximate surface area is 108 Å². The first-order valence-corrected chi connectivity index (χ1v) is 7.16. The van der Waals surface area contributed by atoms with Crippen LogP contribution in [0.25, 0.3) is 0 Å². The zero-order valence-corrected chi connectivity index (χ0v) is 11.9. The van der Waals surface area contributed by atoms with Crippen LogP contribution in [0.2, 0.25) is 0 Å². The number of hydrogen-bond donors (Lipinski definition) is 2. The standard InChI is InChI=1S/C10H22N2O5S/c1-9(5-7-13)8-11-18(15,16)12(2)6-4-10(14)17-3/h9,11,13H,4-8H2,1-3H3. The van der Waals surface area contributed by atoms with Crippen LogP contribution in [0.4, 0.5) is 0 Å². The average Bonchev–Trinajstić information content (AvgIpc) is 2.33. The molecule has 0 aliphatic heterocycles.